The fraction of sp³-hybridized carbons (Fsp3) is 0.250. The van der Waals surface area contributed by atoms with Crippen molar-refractivity contribution in [3.63, 3.8) is 0 Å². The Morgan fingerprint density at radius 1 is 1.16 bits per heavy atom. The van der Waals surface area contributed by atoms with Crippen molar-refractivity contribution in [3.05, 3.63) is 66.0 Å². The maximum Gasteiger partial charge on any atom is 0.220 e. The van der Waals surface area contributed by atoms with Crippen molar-refractivity contribution in [2.45, 2.75) is 25.8 Å². The van der Waals surface area contributed by atoms with Crippen molar-refractivity contribution in [1.29, 1.82) is 0 Å². The number of hydrogen-bond acceptors (Lipinski definition) is 2. The molecule has 0 saturated carbocycles. The van der Waals surface area contributed by atoms with Crippen LogP contribution in [0.2, 0.25) is 0 Å². The highest BCUT2D eigenvalue weighted by Gasteiger charge is 2.10. The Morgan fingerprint density at radius 3 is 2.58 bits per heavy atom. The lowest BCUT2D eigenvalue weighted by Crippen LogP contribution is -2.24. The maximum absolute atomic E-state index is 11.9. The van der Waals surface area contributed by atoms with E-state index in [1.165, 1.54) is 5.56 Å². The predicted octanol–water partition coefficient (Wildman–Crippen LogP) is 2.89. The summed E-state index contributed by atoms with van der Waals surface area (Å²) >= 11 is 0. The molecule has 19 heavy (non-hydrogen) atoms. The molecule has 0 spiro atoms. The van der Waals surface area contributed by atoms with Gasteiger partial charge in [0.15, 0.2) is 0 Å². The number of carbonyl (C=O) groups is 1. The Bertz CT molecular complexity index is 511. The monoisotopic (exact) mass is 254 g/mol. The van der Waals surface area contributed by atoms with Gasteiger partial charge in [-0.05, 0) is 23.6 Å². The highest BCUT2D eigenvalue weighted by molar-refractivity contribution is 5.76. The van der Waals surface area contributed by atoms with Gasteiger partial charge in [0.05, 0.1) is 12.2 Å². The summed E-state index contributed by atoms with van der Waals surface area (Å²) in [6.45, 7) is 2.55. The number of hydrogen-bond donors (Lipinski definition) is 1. The predicted molar refractivity (Wildman–Crippen MR) is 75.6 cm³/mol. The second kappa shape index (κ2) is 6.69. The summed E-state index contributed by atoms with van der Waals surface area (Å²) < 4.78 is 0. The second-order valence-corrected chi connectivity index (χ2v) is 4.61. The molecule has 0 saturated heterocycles. The van der Waals surface area contributed by atoms with E-state index in [0.29, 0.717) is 13.0 Å². The SMILES string of the molecule is C[C@@H](CC(=O)NCc1ccccn1)c1ccccc1. The van der Waals surface area contributed by atoms with E-state index in [1.807, 2.05) is 36.4 Å². The molecular formula is C16H18N2O. The minimum atomic E-state index is 0.0574. The molecule has 1 aromatic carbocycles. The molecule has 3 nitrogen and oxygen atoms in total. The number of nitrogens with zero attached hydrogens (tertiary/aromatic N) is 1. The van der Waals surface area contributed by atoms with Gasteiger partial charge in [-0.15, -0.1) is 0 Å². The van der Waals surface area contributed by atoms with Crippen LogP contribution in [0, 0.1) is 0 Å². The fourth-order valence-corrected chi connectivity index (χ4v) is 1.94. The summed E-state index contributed by atoms with van der Waals surface area (Å²) in [4.78, 5) is 16.0. The lowest BCUT2D eigenvalue weighted by molar-refractivity contribution is -0.121. The van der Waals surface area contributed by atoms with Crippen LogP contribution in [0.25, 0.3) is 0 Å². The summed E-state index contributed by atoms with van der Waals surface area (Å²) in [6, 6.07) is 15.8. The Hall–Kier alpha value is -2.16. The first-order chi connectivity index (χ1) is 9.25. The van der Waals surface area contributed by atoms with Crippen molar-refractivity contribution >= 4 is 5.91 Å². The molecule has 0 unspecified atom stereocenters. The highest BCUT2D eigenvalue weighted by atomic mass is 16.1. The molecule has 1 atom stereocenters. The van der Waals surface area contributed by atoms with Crippen LogP contribution in [0.4, 0.5) is 0 Å². The summed E-state index contributed by atoms with van der Waals surface area (Å²) in [7, 11) is 0. The average Bonchev–Trinajstić information content (AvgIpc) is 2.47. The normalized spacial score (nSPS) is 11.8. The molecule has 1 heterocycles. The van der Waals surface area contributed by atoms with Gasteiger partial charge >= 0.3 is 0 Å². The Morgan fingerprint density at radius 2 is 1.89 bits per heavy atom. The third-order valence-electron chi connectivity index (χ3n) is 3.05. The molecule has 1 N–H and O–H groups in total. The molecule has 2 rings (SSSR count). The number of pyridine rings is 1. The quantitative estimate of drug-likeness (QED) is 0.891. The van der Waals surface area contributed by atoms with Gasteiger partial charge in [-0.3, -0.25) is 9.78 Å². The zero-order valence-corrected chi connectivity index (χ0v) is 11.0. The number of nitrogens with one attached hydrogen (secondary N) is 1. The second-order valence-electron chi connectivity index (χ2n) is 4.61. The summed E-state index contributed by atoms with van der Waals surface area (Å²) in [5.41, 5.74) is 2.07. The summed E-state index contributed by atoms with van der Waals surface area (Å²) in [5, 5.41) is 2.90. The lowest BCUT2D eigenvalue weighted by atomic mass is 9.97. The van der Waals surface area contributed by atoms with E-state index in [0.717, 1.165) is 5.69 Å². The third-order valence-corrected chi connectivity index (χ3v) is 3.05. The maximum atomic E-state index is 11.9. The van der Waals surface area contributed by atoms with Crippen molar-refractivity contribution < 1.29 is 4.79 Å². The first-order valence-electron chi connectivity index (χ1n) is 6.47. The van der Waals surface area contributed by atoms with E-state index in [1.54, 1.807) is 6.20 Å². The van der Waals surface area contributed by atoms with E-state index < -0.39 is 0 Å². The molecule has 1 aromatic heterocycles. The van der Waals surface area contributed by atoms with E-state index in [2.05, 4.69) is 29.4 Å². The van der Waals surface area contributed by atoms with Gasteiger partial charge in [0.1, 0.15) is 0 Å². The van der Waals surface area contributed by atoms with Gasteiger partial charge in [0, 0.05) is 12.6 Å². The van der Waals surface area contributed by atoms with Crippen LogP contribution in [0.1, 0.15) is 30.5 Å². The smallest absolute Gasteiger partial charge is 0.220 e. The van der Waals surface area contributed by atoms with Crippen molar-refractivity contribution in [2.75, 3.05) is 0 Å². The van der Waals surface area contributed by atoms with Crippen molar-refractivity contribution in [3.8, 4) is 0 Å². The molecule has 0 aliphatic carbocycles. The van der Waals surface area contributed by atoms with Crippen LogP contribution in [0.15, 0.2) is 54.7 Å². The topological polar surface area (TPSA) is 42.0 Å². The van der Waals surface area contributed by atoms with Gasteiger partial charge < -0.3 is 5.32 Å². The van der Waals surface area contributed by atoms with E-state index >= 15 is 0 Å². The van der Waals surface area contributed by atoms with Gasteiger partial charge in [0.2, 0.25) is 5.91 Å². The summed E-state index contributed by atoms with van der Waals surface area (Å²) in [5.74, 6) is 0.284. The van der Waals surface area contributed by atoms with Crippen LogP contribution in [-0.2, 0) is 11.3 Å². The number of benzene rings is 1. The molecule has 3 heteroatoms. The number of carbonyl (C=O) groups excluding carboxylic acids is 1. The van der Waals surface area contributed by atoms with E-state index in [4.69, 9.17) is 0 Å². The largest absolute Gasteiger partial charge is 0.350 e. The van der Waals surface area contributed by atoms with Crippen LogP contribution in [0.3, 0.4) is 0 Å². The molecule has 0 aliphatic heterocycles. The Kier molecular flexibility index (Phi) is 4.67. The minimum Gasteiger partial charge on any atom is -0.350 e. The van der Waals surface area contributed by atoms with Crippen LogP contribution < -0.4 is 5.32 Å². The summed E-state index contributed by atoms with van der Waals surface area (Å²) in [6.07, 6.45) is 2.23. The Balaban J connectivity index is 1.82. The number of aromatic nitrogens is 1. The standard InChI is InChI=1S/C16H18N2O/c1-13(14-7-3-2-4-8-14)11-16(19)18-12-15-9-5-6-10-17-15/h2-10,13H,11-12H2,1H3,(H,18,19)/t13-/m0/s1. The molecule has 2 aromatic rings. The van der Waals surface area contributed by atoms with E-state index in [9.17, 15) is 4.79 Å². The van der Waals surface area contributed by atoms with Gasteiger partial charge in [-0.1, -0.05) is 43.3 Å². The van der Waals surface area contributed by atoms with Crippen molar-refractivity contribution in [2.24, 2.45) is 0 Å². The zero-order chi connectivity index (χ0) is 13.5. The molecule has 0 radical (unpaired) electrons. The average molecular weight is 254 g/mol. The van der Waals surface area contributed by atoms with Gasteiger partial charge in [0.25, 0.3) is 0 Å². The highest BCUT2D eigenvalue weighted by Crippen LogP contribution is 2.17. The molecule has 1 amide bonds. The third kappa shape index (κ3) is 4.21. The number of rotatable bonds is 5. The van der Waals surface area contributed by atoms with Crippen LogP contribution in [0.5, 0.6) is 0 Å². The fourth-order valence-electron chi connectivity index (χ4n) is 1.94. The molecule has 0 fully saturated rings. The molecule has 0 aliphatic rings. The van der Waals surface area contributed by atoms with Gasteiger partial charge in [-0.2, -0.15) is 0 Å². The van der Waals surface area contributed by atoms with E-state index in [-0.39, 0.29) is 11.8 Å². The molecule has 98 valence electrons. The minimum absolute atomic E-state index is 0.0574. The zero-order valence-electron chi connectivity index (χ0n) is 11.0. The van der Waals surface area contributed by atoms with Crippen LogP contribution in [-0.4, -0.2) is 10.9 Å². The number of amides is 1. The Labute approximate surface area is 113 Å². The lowest BCUT2D eigenvalue weighted by Gasteiger charge is -2.11. The van der Waals surface area contributed by atoms with Gasteiger partial charge in [-0.25, -0.2) is 0 Å². The molecule has 0 bridgehead atoms. The first-order valence-corrected chi connectivity index (χ1v) is 6.47. The van der Waals surface area contributed by atoms with Crippen molar-refractivity contribution in [1.82, 2.24) is 10.3 Å². The molecular weight excluding hydrogens is 236 g/mol. The first kappa shape index (κ1) is 13.3. The van der Waals surface area contributed by atoms with Crippen LogP contribution >= 0.6 is 0 Å².